The molecular weight excluding hydrogens is 430 g/mol. The maximum Gasteiger partial charge on any atom is 0.267 e. The third-order valence-electron chi connectivity index (χ3n) is 4.43. The van der Waals surface area contributed by atoms with Gasteiger partial charge < -0.3 is 5.32 Å². The molecule has 3 aromatic carbocycles. The van der Waals surface area contributed by atoms with Crippen molar-refractivity contribution in [1.29, 1.82) is 0 Å². The lowest BCUT2D eigenvalue weighted by Crippen LogP contribution is -2.29. The Balaban J connectivity index is 1.42. The van der Waals surface area contributed by atoms with Gasteiger partial charge in [-0.3, -0.25) is 9.59 Å². The third-order valence-corrected chi connectivity index (χ3v) is 5.96. The van der Waals surface area contributed by atoms with E-state index in [1.807, 2.05) is 78.9 Å². The second-order valence-corrected chi connectivity index (χ2v) is 8.21. The molecule has 1 aromatic heterocycles. The minimum atomic E-state index is -0.332. The molecule has 0 saturated heterocycles. The Bertz CT molecular complexity index is 1260. The highest BCUT2D eigenvalue weighted by Gasteiger charge is 2.09. The number of hydrogen-bond acceptors (Lipinski definition) is 4. The van der Waals surface area contributed by atoms with Gasteiger partial charge >= 0.3 is 0 Å². The van der Waals surface area contributed by atoms with E-state index in [0.717, 1.165) is 15.4 Å². The van der Waals surface area contributed by atoms with Gasteiger partial charge in [-0.15, -0.1) is 0 Å². The summed E-state index contributed by atoms with van der Waals surface area (Å²) in [5.41, 5.74) is 1.82. The molecule has 0 aliphatic rings. The minimum absolute atomic E-state index is 0.171. The van der Waals surface area contributed by atoms with Crippen LogP contribution in [0.25, 0.3) is 11.3 Å². The van der Waals surface area contributed by atoms with Crippen LogP contribution in [0.1, 0.15) is 0 Å². The van der Waals surface area contributed by atoms with Gasteiger partial charge in [0.2, 0.25) is 5.91 Å². The number of benzene rings is 3. The Morgan fingerprint density at radius 3 is 2.35 bits per heavy atom. The van der Waals surface area contributed by atoms with E-state index in [0.29, 0.717) is 16.4 Å². The third kappa shape index (κ3) is 5.42. The number of aromatic nitrogens is 2. The zero-order valence-corrected chi connectivity index (χ0v) is 17.9. The zero-order valence-electron chi connectivity index (χ0n) is 16.4. The van der Waals surface area contributed by atoms with E-state index in [9.17, 15) is 9.59 Å². The molecule has 4 rings (SSSR count). The number of nitrogens with zero attached hydrogens (tertiary/aromatic N) is 2. The molecule has 5 nitrogen and oxygen atoms in total. The Labute approximate surface area is 188 Å². The lowest BCUT2D eigenvalue weighted by molar-refractivity contribution is -0.117. The molecule has 4 aromatic rings. The first-order valence-corrected chi connectivity index (χ1v) is 10.7. The topological polar surface area (TPSA) is 64.0 Å². The van der Waals surface area contributed by atoms with Crippen LogP contribution >= 0.6 is 23.4 Å². The van der Waals surface area contributed by atoms with Gasteiger partial charge in [-0.2, -0.15) is 5.10 Å². The van der Waals surface area contributed by atoms with Gasteiger partial charge in [0, 0.05) is 27.1 Å². The molecule has 0 radical (unpaired) electrons. The number of halogens is 1. The molecule has 7 heteroatoms. The molecule has 0 aliphatic carbocycles. The van der Waals surface area contributed by atoms with Crippen molar-refractivity contribution >= 4 is 35.0 Å². The summed E-state index contributed by atoms with van der Waals surface area (Å²) < 4.78 is 1.17. The first-order valence-electron chi connectivity index (χ1n) is 9.54. The fourth-order valence-electron chi connectivity index (χ4n) is 2.92. The molecule has 0 unspecified atom stereocenters. The van der Waals surface area contributed by atoms with Crippen LogP contribution in [0.15, 0.2) is 106 Å². The zero-order chi connectivity index (χ0) is 21.6. The number of hydrogen-bond donors (Lipinski definition) is 1. The van der Waals surface area contributed by atoms with E-state index in [4.69, 9.17) is 11.6 Å². The van der Waals surface area contributed by atoms with Crippen LogP contribution in [-0.4, -0.2) is 15.7 Å². The van der Waals surface area contributed by atoms with E-state index in [1.54, 1.807) is 17.8 Å². The second-order valence-electron chi connectivity index (χ2n) is 6.69. The van der Waals surface area contributed by atoms with Crippen LogP contribution in [0.5, 0.6) is 0 Å². The molecule has 1 heterocycles. The summed E-state index contributed by atoms with van der Waals surface area (Å²) in [4.78, 5) is 26.6. The van der Waals surface area contributed by atoms with Crippen LogP contribution in [0, 0.1) is 0 Å². The summed E-state index contributed by atoms with van der Waals surface area (Å²) in [7, 11) is 0. The molecule has 0 atom stereocenters. The predicted octanol–water partition coefficient (Wildman–Crippen LogP) is 5.35. The maximum atomic E-state index is 12.5. The number of anilines is 1. The predicted molar refractivity (Wildman–Crippen MR) is 125 cm³/mol. The average molecular weight is 448 g/mol. The average Bonchev–Trinajstić information content (AvgIpc) is 2.79. The van der Waals surface area contributed by atoms with Gasteiger partial charge in [-0.25, -0.2) is 4.68 Å². The quantitative estimate of drug-likeness (QED) is 0.432. The number of amides is 1. The van der Waals surface area contributed by atoms with E-state index in [1.165, 1.54) is 10.7 Å². The highest BCUT2D eigenvalue weighted by Crippen LogP contribution is 2.33. The molecule has 0 fully saturated rings. The summed E-state index contributed by atoms with van der Waals surface area (Å²) >= 11 is 7.75. The first kappa shape index (κ1) is 20.9. The number of carbonyl (C=O) groups is 1. The largest absolute Gasteiger partial charge is 0.324 e. The normalized spacial score (nSPS) is 10.6. The number of nitrogens with one attached hydrogen (secondary N) is 1. The standard InChI is InChI=1S/C24H18ClN3O2S/c25-20-8-4-5-9-22(20)31-19-12-10-18(11-13-19)26-23(29)16-28-24(30)15-14-21(27-28)17-6-2-1-3-7-17/h1-15H,16H2,(H,26,29). The summed E-state index contributed by atoms with van der Waals surface area (Å²) in [6, 6.07) is 27.6. The molecule has 0 aliphatic heterocycles. The van der Waals surface area contributed by atoms with Crippen molar-refractivity contribution in [2.45, 2.75) is 16.3 Å². The maximum absolute atomic E-state index is 12.5. The fourth-order valence-corrected chi connectivity index (χ4v) is 4.01. The summed E-state index contributed by atoms with van der Waals surface area (Å²) in [5, 5.41) is 7.82. The van der Waals surface area contributed by atoms with Gasteiger partial charge in [0.25, 0.3) is 5.56 Å². The SMILES string of the molecule is O=C(Cn1nc(-c2ccccc2)ccc1=O)Nc1ccc(Sc2ccccc2Cl)cc1. The molecule has 0 saturated carbocycles. The Hall–Kier alpha value is -3.35. The highest BCUT2D eigenvalue weighted by molar-refractivity contribution is 7.99. The molecule has 31 heavy (non-hydrogen) atoms. The van der Waals surface area contributed by atoms with E-state index in [-0.39, 0.29) is 18.0 Å². The van der Waals surface area contributed by atoms with Crippen LogP contribution in [0.2, 0.25) is 5.02 Å². The van der Waals surface area contributed by atoms with Crippen LogP contribution < -0.4 is 10.9 Å². The highest BCUT2D eigenvalue weighted by atomic mass is 35.5. The number of rotatable bonds is 6. The van der Waals surface area contributed by atoms with Gasteiger partial charge in [-0.05, 0) is 42.5 Å². The van der Waals surface area contributed by atoms with Gasteiger partial charge in [0.15, 0.2) is 0 Å². The Morgan fingerprint density at radius 2 is 1.61 bits per heavy atom. The van der Waals surface area contributed by atoms with Gasteiger partial charge in [0.1, 0.15) is 6.54 Å². The molecule has 154 valence electrons. The van der Waals surface area contributed by atoms with Crippen LogP contribution in [0.3, 0.4) is 0 Å². The summed E-state index contributed by atoms with van der Waals surface area (Å²) in [6.07, 6.45) is 0. The fraction of sp³-hybridized carbons (Fsp3) is 0.0417. The van der Waals surface area contributed by atoms with E-state index < -0.39 is 0 Å². The lowest BCUT2D eigenvalue weighted by atomic mass is 10.1. The molecule has 0 spiro atoms. The van der Waals surface area contributed by atoms with Crippen molar-refractivity contribution in [2.75, 3.05) is 5.32 Å². The summed E-state index contributed by atoms with van der Waals surface area (Å²) in [6.45, 7) is -0.171. The second kappa shape index (κ2) is 9.64. The summed E-state index contributed by atoms with van der Waals surface area (Å²) in [5.74, 6) is -0.327. The van der Waals surface area contributed by atoms with E-state index in [2.05, 4.69) is 10.4 Å². The van der Waals surface area contributed by atoms with Crippen LogP contribution in [-0.2, 0) is 11.3 Å². The molecular formula is C24H18ClN3O2S. The van der Waals surface area contributed by atoms with Crippen LogP contribution in [0.4, 0.5) is 5.69 Å². The Morgan fingerprint density at radius 1 is 0.903 bits per heavy atom. The Kier molecular flexibility index (Phi) is 6.50. The van der Waals surface area contributed by atoms with Crippen molar-refractivity contribution < 1.29 is 4.79 Å². The number of carbonyl (C=O) groups excluding carboxylic acids is 1. The monoisotopic (exact) mass is 447 g/mol. The minimum Gasteiger partial charge on any atom is -0.324 e. The van der Waals surface area contributed by atoms with E-state index >= 15 is 0 Å². The van der Waals surface area contributed by atoms with Crippen molar-refractivity contribution in [2.24, 2.45) is 0 Å². The van der Waals surface area contributed by atoms with Crippen molar-refractivity contribution in [1.82, 2.24) is 9.78 Å². The lowest BCUT2D eigenvalue weighted by Gasteiger charge is -2.09. The van der Waals surface area contributed by atoms with Gasteiger partial charge in [0.05, 0.1) is 10.7 Å². The van der Waals surface area contributed by atoms with Crippen molar-refractivity contribution in [3.05, 3.63) is 106 Å². The van der Waals surface area contributed by atoms with Crippen molar-refractivity contribution in [3.63, 3.8) is 0 Å². The smallest absolute Gasteiger partial charge is 0.267 e. The first-order chi connectivity index (χ1) is 15.1. The molecule has 0 bridgehead atoms. The molecule has 1 N–H and O–H groups in total. The van der Waals surface area contributed by atoms with Gasteiger partial charge in [-0.1, -0.05) is 65.8 Å². The van der Waals surface area contributed by atoms with Crippen molar-refractivity contribution in [3.8, 4) is 11.3 Å². The molecule has 1 amide bonds.